The molecule has 0 saturated heterocycles. The van der Waals surface area contributed by atoms with Gasteiger partial charge in [0.1, 0.15) is 17.5 Å². The number of nitrogens with zero attached hydrogens (tertiary/aromatic N) is 2. The number of carbonyl (C=O) groups is 2. The maximum atomic E-state index is 13.9. The topological polar surface area (TPSA) is 102 Å². The molecule has 35 heavy (non-hydrogen) atoms. The lowest BCUT2D eigenvalue weighted by Crippen LogP contribution is -2.34. The van der Waals surface area contributed by atoms with Gasteiger partial charge in [-0.05, 0) is 36.8 Å². The van der Waals surface area contributed by atoms with E-state index in [-0.39, 0.29) is 17.5 Å². The Morgan fingerprint density at radius 1 is 0.943 bits per heavy atom. The Morgan fingerprint density at radius 2 is 1.60 bits per heavy atom. The molecule has 0 spiro atoms. The van der Waals surface area contributed by atoms with Crippen LogP contribution in [0.5, 0.6) is 5.75 Å². The van der Waals surface area contributed by atoms with Crippen molar-refractivity contribution in [2.45, 2.75) is 26.3 Å². The monoisotopic (exact) mass is 470 g/mol. The van der Waals surface area contributed by atoms with Crippen LogP contribution in [0.2, 0.25) is 0 Å². The van der Waals surface area contributed by atoms with E-state index in [4.69, 9.17) is 4.74 Å². The number of methoxy groups -OCH3 is 1. The Morgan fingerprint density at radius 3 is 2.31 bits per heavy atom. The molecule has 2 amide bonds. The lowest BCUT2D eigenvalue weighted by molar-refractivity contribution is -0.119. The first-order valence-corrected chi connectivity index (χ1v) is 11.3. The highest BCUT2D eigenvalue weighted by molar-refractivity contribution is 5.97. The van der Waals surface area contributed by atoms with Crippen molar-refractivity contribution in [2.24, 2.45) is 0 Å². The average molecular weight is 471 g/mol. The van der Waals surface area contributed by atoms with Gasteiger partial charge in [0, 0.05) is 12.5 Å². The minimum absolute atomic E-state index is 0.150. The van der Waals surface area contributed by atoms with E-state index in [1.54, 1.807) is 60.7 Å². The van der Waals surface area contributed by atoms with E-state index in [1.165, 1.54) is 18.6 Å². The quantitative estimate of drug-likeness (QED) is 0.410. The van der Waals surface area contributed by atoms with Gasteiger partial charge in [-0.15, -0.1) is 0 Å². The van der Waals surface area contributed by atoms with Crippen LogP contribution in [0.3, 0.4) is 0 Å². The van der Waals surface area contributed by atoms with Gasteiger partial charge >= 0.3 is 0 Å². The lowest BCUT2D eigenvalue weighted by atomic mass is 10.1. The summed E-state index contributed by atoms with van der Waals surface area (Å²) in [6.45, 7) is 3.25. The Balaban J connectivity index is 1.89. The summed E-state index contributed by atoms with van der Waals surface area (Å²) < 4.78 is 6.83. The number of anilines is 2. The van der Waals surface area contributed by atoms with E-state index in [1.807, 2.05) is 19.1 Å². The van der Waals surface area contributed by atoms with Gasteiger partial charge < -0.3 is 15.4 Å². The normalized spacial score (nSPS) is 11.6. The minimum Gasteiger partial charge on any atom is -0.495 e. The van der Waals surface area contributed by atoms with Crippen molar-refractivity contribution < 1.29 is 14.3 Å². The molecule has 0 radical (unpaired) electrons. The number of para-hydroxylation sites is 5. The van der Waals surface area contributed by atoms with Gasteiger partial charge in [-0.3, -0.25) is 19.0 Å². The van der Waals surface area contributed by atoms with Crippen LogP contribution in [-0.4, -0.2) is 28.5 Å². The van der Waals surface area contributed by atoms with Crippen molar-refractivity contribution in [2.75, 3.05) is 17.7 Å². The summed E-state index contributed by atoms with van der Waals surface area (Å²) in [6.07, 6.45) is 0.363. The van der Waals surface area contributed by atoms with Crippen molar-refractivity contribution in [1.82, 2.24) is 9.55 Å². The van der Waals surface area contributed by atoms with Crippen LogP contribution in [0, 0.1) is 0 Å². The van der Waals surface area contributed by atoms with Crippen molar-refractivity contribution in [3.63, 3.8) is 0 Å². The molecule has 178 valence electrons. The fraction of sp³-hybridized carbons (Fsp3) is 0.185. The summed E-state index contributed by atoms with van der Waals surface area (Å²) in [5, 5.41) is 5.66. The third-order valence-electron chi connectivity index (χ3n) is 5.65. The van der Waals surface area contributed by atoms with Crippen molar-refractivity contribution >= 4 is 34.2 Å². The molecule has 1 atom stereocenters. The third-order valence-corrected chi connectivity index (χ3v) is 5.65. The SMILES string of the molecule is CCC(C(=O)Nc1ccccc1OC)n1c(=O)c(-c2ccccc2NC(C)=O)nc2ccccc21. The summed E-state index contributed by atoms with van der Waals surface area (Å²) in [5.41, 5.74) is 2.29. The number of carbonyl (C=O) groups excluding carboxylic acids is 2. The molecule has 2 N–H and O–H groups in total. The molecule has 0 aliphatic heterocycles. The maximum Gasteiger partial charge on any atom is 0.278 e. The predicted octanol–water partition coefficient (Wildman–Crippen LogP) is 4.62. The summed E-state index contributed by atoms with van der Waals surface area (Å²) in [6, 6.07) is 20.5. The molecule has 4 rings (SSSR count). The molecule has 0 aliphatic rings. The van der Waals surface area contributed by atoms with Gasteiger partial charge in [-0.25, -0.2) is 4.98 Å². The van der Waals surface area contributed by atoms with E-state index in [0.717, 1.165) is 0 Å². The fourth-order valence-corrected chi connectivity index (χ4v) is 4.08. The second kappa shape index (κ2) is 10.2. The molecule has 0 bridgehead atoms. The fourth-order valence-electron chi connectivity index (χ4n) is 4.08. The number of nitrogens with one attached hydrogen (secondary N) is 2. The molecular formula is C27H26N4O4. The molecule has 0 saturated carbocycles. The smallest absolute Gasteiger partial charge is 0.278 e. The Kier molecular flexibility index (Phi) is 6.91. The van der Waals surface area contributed by atoms with Gasteiger partial charge in [0.2, 0.25) is 11.8 Å². The second-order valence-corrected chi connectivity index (χ2v) is 7.96. The first-order valence-electron chi connectivity index (χ1n) is 11.3. The standard InChI is InChI=1S/C27H26N4O4/c1-4-22(26(33)30-21-14-8-10-16-24(21)35-3)31-23-15-9-7-13-20(23)29-25(27(31)34)18-11-5-6-12-19(18)28-17(2)32/h5-16,22H,4H2,1-3H3,(H,28,32)(H,30,33). The number of hydrogen-bond acceptors (Lipinski definition) is 5. The highest BCUT2D eigenvalue weighted by Crippen LogP contribution is 2.29. The zero-order valence-electron chi connectivity index (χ0n) is 19.7. The van der Waals surface area contributed by atoms with Crippen LogP contribution in [0.4, 0.5) is 11.4 Å². The van der Waals surface area contributed by atoms with Crippen LogP contribution >= 0.6 is 0 Å². The molecule has 3 aromatic carbocycles. The highest BCUT2D eigenvalue weighted by Gasteiger charge is 2.25. The molecular weight excluding hydrogens is 444 g/mol. The number of hydrogen-bond donors (Lipinski definition) is 2. The number of ether oxygens (including phenoxy) is 1. The third kappa shape index (κ3) is 4.77. The zero-order valence-corrected chi connectivity index (χ0v) is 19.7. The lowest BCUT2D eigenvalue weighted by Gasteiger charge is -2.22. The number of rotatable bonds is 7. The molecule has 1 unspecified atom stereocenters. The van der Waals surface area contributed by atoms with Crippen LogP contribution in [-0.2, 0) is 9.59 Å². The van der Waals surface area contributed by atoms with Gasteiger partial charge in [0.25, 0.3) is 5.56 Å². The molecule has 8 nitrogen and oxygen atoms in total. The van der Waals surface area contributed by atoms with E-state index in [2.05, 4.69) is 15.6 Å². The zero-order chi connectivity index (χ0) is 24.9. The number of fused-ring (bicyclic) bond motifs is 1. The first-order chi connectivity index (χ1) is 16.9. The van der Waals surface area contributed by atoms with Crippen LogP contribution in [0.15, 0.2) is 77.6 Å². The van der Waals surface area contributed by atoms with Crippen molar-refractivity contribution in [3.05, 3.63) is 83.2 Å². The molecule has 8 heteroatoms. The van der Waals surface area contributed by atoms with E-state index in [0.29, 0.717) is 40.1 Å². The number of aromatic nitrogens is 2. The summed E-state index contributed by atoms with van der Waals surface area (Å²) >= 11 is 0. The molecule has 1 heterocycles. The number of benzene rings is 3. The van der Waals surface area contributed by atoms with Crippen LogP contribution in [0.25, 0.3) is 22.3 Å². The molecule has 0 fully saturated rings. The van der Waals surface area contributed by atoms with E-state index >= 15 is 0 Å². The number of amides is 2. The summed E-state index contributed by atoms with van der Waals surface area (Å²) in [4.78, 5) is 43.7. The largest absolute Gasteiger partial charge is 0.495 e. The van der Waals surface area contributed by atoms with E-state index < -0.39 is 11.6 Å². The van der Waals surface area contributed by atoms with Crippen molar-refractivity contribution in [3.8, 4) is 17.0 Å². The van der Waals surface area contributed by atoms with Crippen molar-refractivity contribution in [1.29, 1.82) is 0 Å². The Labute approximate surface area is 202 Å². The molecule has 4 aromatic rings. The first kappa shape index (κ1) is 23.7. The summed E-state index contributed by atoms with van der Waals surface area (Å²) in [7, 11) is 1.53. The summed E-state index contributed by atoms with van der Waals surface area (Å²) in [5.74, 6) is -0.0923. The highest BCUT2D eigenvalue weighted by atomic mass is 16.5. The maximum absolute atomic E-state index is 13.9. The van der Waals surface area contributed by atoms with Gasteiger partial charge in [-0.1, -0.05) is 49.4 Å². The Bertz CT molecular complexity index is 1460. The minimum atomic E-state index is -0.813. The van der Waals surface area contributed by atoms with Crippen LogP contribution < -0.4 is 20.9 Å². The second-order valence-electron chi connectivity index (χ2n) is 7.96. The molecule has 1 aromatic heterocycles. The average Bonchev–Trinajstić information content (AvgIpc) is 2.86. The van der Waals surface area contributed by atoms with Gasteiger partial charge in [-0.2, -0.15) is 0 Å². The molecule has 0 aliphatic carbocycles. The van der Waals surface area contributed by atoms with Crippen LogP contribution in [0.1, 0.15) is 26.3 Å². The predicted molar refractivity (Wildman–Crippen MR) is 137 cm³/mol. The Hall–Kier alpha value is -4.46. The van der Waals surface area contributed by atoms with E-state index in [9.17, 15) is 14.4 Å². The van der Waals surface area contributed by atoms with Gasteiger partial charge in [0.15, 0.2) is 0 Å². The van der Waals surface area contributed by atoms with Gasteiger partial charge in [0.05, 0.1) is 29.5 Å².